The predicted molar refractivity (Wildman–Crippen MR) is 229 cm³/mol. The third-order valence-corrected chi connectivity index (χ3v) is 13.1. The minimum absolute atomic E-state index is 0.0374. The van der Waals surface area contributed by atoms with Gasteiger partial charge in [-0.1, -0.05) is 109 Å². The number of nitrogens with zero attached hydrogens (tertiary/aromatic N) is 2. The van der Waals surface area contributed by atoms with E-state index in [-0.39, 0.29) is 48.4 Å². The van der Waals surface area contributed by atoms with Gasteiger partial charge in [0, 0.05) is 44.2 Å². The summed E-state index contributed by atoms with van der Waals surface area (Å²) in [4.78, 5) is 32.0. The zero-order chi connectivity index (χ0) is 41.6. The molecule has 12 nitrogen and oxygen atoms in total. The van der Waals surface area contributed by atoms with Gasteiger partial charge in [0.15, 0.2) is 6.29 Å². The number of nitrogens with one attached hydrogen (secondary N) is 3. The molecule has 312 valence electrons. The number of carbonyl (C=O) groups excluding carboxylic acids is 1. The fourth-order valence-electron chi connectivity index (χ4n) is 8.23. The highest BCUT2D eigenvalue weighted by Crippen LogP contribution is 2.39. The molecule has 0 spiro atoms. The zero-order valence-corrected chi connectivity index (χ0v) is 34.4. The summed E-state index contributed by atoms with van der Waals surface area (Å²) in [5.41, 5.74) is 6.98. The van der Waals surface area contributed by atoms with E-state index in [0.29, 0.717) is 13.0 Å². The van der Waals surface area contributed by atoms with Gasteiger partial charge in [0.25, 0.3) is 0 Å². The molecule has 5 aromatic carbocycles. The van der Waals surface area contributed by atoms with E-state index in [1.54, 1.807) is 12.1 Å². The van der Waals surface area contributed by atoms with Crippen LogP contribution in [-0.4, -0.2) is 65.7 Å². The van der Waals surface area contributed by atoms with Crippen LogP contribution >= 0.6 is 0 Å². The van der Waals surface area contributed by atoms with Crippen molar-refractivity contribution in [3.05, 3.63) is 171 Å². The molecule has 1 amide bonds. The van der Waals surface area contributed by atoms with Crippen LogP contribution in [0.15, 0.2) is 137 Å². The number of hydrogen-bond acceptors (Lipinski definition) is 8. The third kappa shape index (κ3) is 9.79. The number of sulfonamides is 1. The lowest BCUT2D eigenvalue weighted by molar-refractivity contribution is -0.253. The number of benzene rings is 5. The summed E-state index contributed by atoms with van der Waals surface area (Å²) in [6.45, 7) is 4.41. The number of aromatic nitrogens is 2. The number of piperidine rings is 1. The normalized spacial score (nSPS) is 19.6. The minimum atomic E-state index is -3.97. The largest absolute Gasteiger partial charge is 0.392 e. The van der Waals surface area contributed by atoms with E-state index in [2.05, 4.69) is 19.9 Å². The summed E-state index contributed by atoms with van der Waals surface area (Å²) in [6, 6.07) is 38.3. The van der Waals surface area contributed by atoms with Crippen LogP contribution in [-0.2, 0) is 43.9 Å². The molecule has 2 aliphatic heterocycles. The molecule has 4 atom stereocenters. The van der Waals surface area contributed by atoms with Crippen LogP contribution < -0.4 is 15.7 Å². The first kappa shape index (κ1) is 41.3. The number of carbonyl (C=O) groups is 1. The number of ether oxygens (including phenoxy) is 2. The lowest BCUT2D eigenvalue weighted by Crippen LogP contribution is -2.47. The van der Waals surface area contributed by atoms with Gasteiger partial charge in [0.1, 0.15) is 6.04 Å². The van der Waals surface area contributed by atoms with Gasteiger partial charge in [-0.05, 0) is 72.7 Å². The minimum Gasteiger partial charge on any atom is -0.392 e. The highest BCUT2D eigenvalue weighted by atomic mass is 32.2. The number of imidazole rings is 1. The summed E-state index contributed by atoms with van der Waals surface area (Å²) < 4.78 is 44.5. The topological polar surface area (TPSA) is 155 Å². The number of aromatic amines is 1. The van der Waals surface area contributed by atoms with Crippen molar-refractivity contribution in [3.8, 4) is 0 Å². The molecule has 1 aromatic heterocycles. The van der Waals surface area contributed by atoms with Gasteiger partial charge in [-0.3, -0.25) is 9.36 Å². The van der Waals surface area contributed by atoms with Crippen LogP contribution in [0.5, 0.6) is 0 Å². The Morgan fingerprint density at radius 2 is 1.48 bits per heavy atom. The first-order valence-electron chi connectivity index (χ1n) is 20.5. The SMILES string of the molecule is Cc1ccc(S(=O)(=O)N[C@H](Cc2ccccc2)C(=O)NCc2ccc([C@@H]3O[C@H](CN4CCC(n5c(=O)[nH]c6ccccc65)CC4)C[C@H](c4ccc(CO)cc4)O3)cc2)cc1. The summed E-state index contributed by atoms with van der Waals surface area (Å²) >= 11 is 0. The molecule has 0 bridgehead atoms. The van der Waals surface area contributed by atoms with Crippen LogP contribution in [0.25, 0.3) is 11.0 Å². The van der Waals surface area contributed by atoms with Crippen molar-refractivity contribution in [1.29, 1.82) is 0 Å². The molecule has 0 saturated carbocycles. The number of hydrogen-bond donors (Lipinski definition) is 4. The van der Waals surface area contributed by atoms with E-state index in [0.717, 1.165) is 70.3 Å². The average Bonchev–Trinajstić information content (AvgIpc) is 3.61. The third-order valence-electron chi connectivity index (χ3n) is 11.6. The average molecular weight is 830 g/mol. The van der Waals surface area contributed by atoms with Crippen molar-refractivity contribution in [2.45, 2.75) is 81.2 Å². The number of rotatable bonds is 14. The number of aryl methyl sites for hydroxylation is 1. The molecule has 2 saturated heterocycles. The maximum absolute atomic E-state index is 13.6. The van der Waals surface area contributed by atoms with Crippen molar-refractivity contribution in [1.82, 2.24) is 24.5 Å². The predicted octanol–water partition coefficient (Wildman–Crippen LogP) is 6.22. The Kier molecular flexibility index (Phi) is 12.7. The number of amides is 1. The summed E-state index contributed by atoms with van der Waals surface area (Å²) in [7, 11) is -3.97. The van der Waals surface area contributed by atoms with E-state index < -0.39 is 28.3 Å². The molecule has 6 aromatic rings. The van der Waals surface area contributed by atoms with Crippen LogP contribution in [0.3, 0.4) is 0 Å². The Hall–Kier alpha value is -5.41. The van der Waals surface area contributed by atoms with Crippen molar-refractivity contribution >= 4 is 27.0 Å². The van der Waals surface area contributed by atoms with Crippen LogP contribution in [0.2, 0.25) is 0 Å². The number of para-hydroxylation sites is 2. The summed E-state index contributed by atoms with van der Waals surface area (Å²) in [5.74, 6) is -0.437. The Morgan fingerprint density at radius 3 is 2.20 bits per heavy atom. The monoisotopic (exact) mass is 829 g/mol. The molecule has 0 radical (unpaired) electrons. The summed E-state index contributed by atoms with van der Waals surface area (Å²) in [5, 5.41) is 12.6. The number of aliphatic hydroxyl groups is 1. The smallest absolute Gasteiger partial charge is 0.326 e. The second-order valence-corrected chi connectivity index (χ2v) is 17.5. The highest BCUT2D eigenvalue weighted by molar-refractivity contribution is 7.89. The van der Waals surface area contributed by atoms with E-state index >= 15 is 0 Å². The van der Waals surface area contributed by atoms with E-state index in [4.69, 9.17) is 9.47 Å². The second kappa shape index (κ2) is 18.5. The van der Waals surface area contributed by atoms with Crippen LogP contribution in [0, 0.1) is 6.92 Å². The molecular formula is C47H51N5O7S. The van der Waals surface area contributed by atoms with Crippen molar-refractivity contribution in [3.63, 3.8) is 0 Å². The van der Waals surface area contributed by atoms with Gasteiger partial charge in [0.05, 0.1) is 34.7 Å². The molecule has 13 heteroatoms. The fourth-order valence-corrected chi connectivity index (χ4v) is 9.43. The van der Waals surface area contributed by atoms with Crippen LogP contribution in [0.4, 0.5) is 0 Å². The van der Waals surface area contributed by atoms with E-state index in [1.807, 2.05) is 115 Å². The molecule has 8 rings (SSSR count). The molecular weight excluding hydrogens is 779 g/mol. The maximum Gasteiger partial charge on any atom is 0.326 e. The van der Waals surface area contributed by atoms with Gasteiger partial charge in [-0.15, -0.1) is 0 Å². The first-order valence-corrected chi connectivity index (χ1v) is 22.0. The van der Waals surface area contributed by atoms with Crippen LogP contribution in [0.1, 0.15) is 71.1 Å². The summed E-state index contributed by atoms with van der Waals surface area (Å²) in [6.07, 6.45) is 1.51. The molecule has 2 fully saturated rings. The maximum atomic E-state index is 13.6. The molecule has 3 heterocycles. The van der Waals surface area contributed by atoms with Crippen molar-refractivity contribution < 1.29 is 27.8 Å². The Labute approximate surface area is 350 Å². The fraction of sp³-hybridized carbons (Fsp3) is 0.319. The molecule has 0 unspecified atom stereocenters. The standard InChI is InChI=1S/C47H51N5O7S/c1-32-11-21-40(22-12-32)60(56,57)50-42(27-33-7-3-2-4-8-33)45(54)48-29-34-13-19-37(20-14-34)46-58-39(28-44(59-46)36-17-15-35(31-53)16-18-36)30-51-25-23-38(24-26-51)52-43-10-6-5-9-41(43)49-47(52)55/h2-22,38-39,42,44,46,50,53H,23-31H2,1H3,(H,48,54)(H,49,55)/t39-,42+,44+,46+/m0/s1. The Morgan fingerprint density at radius 1 is 0.817 bits per heavy atom. The van der Waals surface area contributed by atoms with Gasteiger partial charge < -0.3 is 29.8 Å². The lowest BCUT2D eigenvalue weighted by Gasteiger charge is -2.40. The van der Waals surface area contributed by atoms with E-state index in [9.17, 15) is 23.1 Å². The van der Waals surface area contributed by atoms with Gasteiger partial charge in [-0.2, -0.15) is 4.72 Å². The number of fused-ring (bicyclic) bond motifs is 1. The Bertz CT molecular complexity index is 2530. The Balaban J connectivity index is 0.931. The lowest BCUT2D eigenvalue weighted by atomic mass is 9.98. The zero-order valence-electron chi connectivity index (χ0n) is 33.6. The quantitative estimate of drug-likeness (QED) is 0.101. The number of H-pyrrole nitrogens is 1. The molecule has 4 N–H and O–H groups in total. The van der Waals surface area contributed by atoms with Gasteiger partial charge in [-0.25, -0.2) is 13.2 Å². The molecule has 60 heavy (non-hydrogen) atoms. The molecule has 0 aliphatic carbocycles. The first-order chi connectivity index (χ1) is 29.1. The van der Waals surface area contributed by atoms with E-state index in [1.165, 1.54) is 12.1 Å². The molecule has 2 aliphatic rings. The van der Waals surface area contributed by atoms with Crippen molar-refractivity contribution in [2.75, 3.05) is 19.6 Å². The highest BCUT2D eigenvalue weighted by Gasteiger charge is 2.34. The van der Waals surface area contributed by atoms with Crippen molar-refractivity contribution in [2.24, 2.45) is 0 Å². The van der Waals surface area contributed by atoms with Gasteiger partial charge in [0.2, 0.25) is 15.9 Å². The number of aliphatic hydroxyl groups excluding tert-OH is 1. The second-order valence-electron chi connectivity index (χ2n) is 15.8. The van der Waals surface area contributed by atoms with Gasteiger partial charge >= 0.3 is 5.69 Å². The number of likely N-dealkylation sites (tertiary alicyclic amines) is 1.